The first-order valence-corrected chi connectivity index (χ1v) is 7.76. The van der Waals surface area contributed by atoms with E-state index in [0.717, 1.165) is 16.9 Å². The summed E-state index contributed by atoms with van der Waals surface area (Å²) >= 11 is 5.91. The highest BCUT2D eigenvalue weighted by Gasteiger charge is 2.05. The molecule has 0 aliphatic heterocycles. The molecule has 0 aliphatic rings. The molecule has 0 amide bonds. The third-order valence-corrected chi connectivity index (χ3v) is 4.22. The smallest absolute Gasteiger partial charge is 0.119 e. The van der Waals surface area contributed by atoms with E-state index < -0.39 is 10.8 Å². The summed E-state index contributed by atoms with van der Waals surface area (Å²) in [5.41, 5.74) is 2.01. The highest BCUT2D eigenvalue weighted by Crippen LogP contribution is 2.17. The largest absolute Gasteiger partial charge is 0.497 e. The van der Waals surface area contributed by atoms with Crippen molar-refractivity contribution in [2.45, 2.75) is 11.5 Å². The highest BCUT2D eigenvalue weighted by atomic mass is 35.5. The molecule has 2 rings (SSSR count). The van der Waals surface area contributed by atoms with Crippen LogP contribution in [0, 0.1) is 0 Å². The lowest BCUT2D eigenvalue weighted by atomic mass is 10.2. The van der Waals surface area contributed by atoms with E-state index in [2.05, 4.69) is 0 Å². The average molecular weight is 295 g/mol. The van der Waals surface area contributed by atoms with Crippen LogP contribution in [0.3, 0.4) is 0 Å². The van der Waals surface area contributed by atoms with Gasteiger partial charge in [0.1, 0.15) is 5.75 Å². The van der Waals surface area contributed by atoms with Gasteiger partial charge in [0.05, 0.1) is 7.11 Å². The van der Waals surface area contributed by atoms with Crippen LogP contribution in [0.2, 0.25) is 5.02 Å². The lowest BCUT2D eigenvalue weighted by Crippen LogP contribution is -1.99. The fourth-order valence-corrected chi connectivity index (χ4v) is 3.23. The van der Waals surface area contributed by atoms with Gasteiger partial charge >= 0.3 is 0 Å². The number of benzene rings is 2. The molecule has 0 aromatic heterocycles. The predicted molar refractivity (Wildman–Crippen MR) is 80.0 cm³/mol. The normalized spacial score (nSPS) is 12.1. The van der Waals surface area contributed by atoms with Crippen LogP contribution in [0.25, 0.3) is 0 Å². The minimum Gasteiger partial charge on any atom is -0.497 e. The summed E-state index contributed by atoms with van der Waals surface area (Å²) in [5, 5.41) is 0.677. The van der Waals surface area contributed by atoms with Gasteiger partial charge in [-0.2, -0.15) is 0 Å². The molecule has 2 aromatic rings. The Hall–Kier alpha value is -1.32. The van der Waals surface area contributed by atoms with Crippen molar-refractivity contribution in [1.82, 2.24) is 0 Å². The van der Waals surface area contributed by atoms with Crippen molar-refractivity contribution < 1.29 is 8.95 Å². The summed E-state index contributed by atoms with van der Waals surface area (Å²) in [4.78, 5) is 0. The molecule has 0 N–H and O–H groups in total. The van der Waals surface area contributed by atoms with E-state index in [0.29, 0.717) is 16.5 Å². The molecule has 0 saturated carbocycles. The van der Waals surface area contributed by atoms with Crippen molar-refractivity contribution in [2.75, 3.05) is 7.11 Å². The van der Waals surface area contributed by atoms with Crippen molar-refractivity contribution in [2.24, 2.45) is 0 Å². The van der Waals surface area contributed by atoms with Crippen LogP contribution in [0.4, 0.5) is 0 Å². The molecular formula is C15H15ClO2S. The minimum absolute atomic E-state index is 0.512. The lowest BCUT2D eigenvalue weighted by Gasteiger charge is -2.05. The Morgan fingerprint density at radius 2 is 1.68 bits per heavy atom. The van der Waals surface area contributed by atoms with Crippen LogP contribution in [0.5, 0.6) is 5.75 Å². The third kappa shape index (κ3) is 4.37. The van der Waals surface area contributed by atoms with E-state index in [9.17, 15) is 4.21 Å². The third-order valence-electron chi connectivity index (χ3n) is 2.68. The first-order chi connectivity index (χ1) is 9.17. The van der Waals surface area contributed by atoms with Crippen LogP contribution in [0.1, 0.15) is 11.1 Å². The molecule has 1 unspecified atom stereocenters. The Morgan fingerprint density at radius 1 is 1.05 bits per heavy atom. The molecule has 4 heteroatoms. The van der Waals surface area contributed by atoms with Gasteiger partial charge in [-0.25, -0.2) is 0 Å². The summed E-state index contributed by atoms with van der Waals surface area (Å²) in [7, 11) is 0.672. The Balaban J connectivity index is 2.01. The molecule has 0 radical (unpaired) electrons. The summed E-state index contributed by atoms with van der Waals surface area (Å²) in [6, 6.07) is 15.1. The molecule has 2 nitrogen and oxygen atoms in total. The molecule has 0 saturated heterocycles. The van der Waals surface area contributed by atoms with E-state index in [1.807, 2.05) is 48.5 Å². The van der Waals surface area contributed by atoms with Crippen molar-refractivity contribution in [3.63, 3.8) is 0 Å². The van der Waals surface area contributed by atoms with Crippen LogP contribution >= 0.6 is 11.6 Å². The maximum atomic E-state index is 12.1. The Labute approximate surface area is 120 Å². The molecule has 2 aromatic carbocycles. The summed E-state index contributed by atoms with van der Waals surface area (Å²) in [6.07, 6.45) is 0. The maximum absolute atomic E-state index is 12.1. The molecule has 0 heterocycles. The van der Waals surface area contributed by atoms with Crippen molar-refractivity contribution >= 4 is 22.4 Å². The fraction of sp³-hybridized carbons (Fsp3) is 0.200. The predicted octanol–water partition coefficient (Wildman–Crippen LogP) is 3.80. The summed E-state index contributed by atoms with van der Waals surface area (Å²) in [5.74, 6) is 1.82. The lowest BCUT2D eigenvalue weighted by molar-refractivity contribution is 0.414. The monoisotopic (exact) mass is 294 g/mol. The summed E-state index contributed by atoms with van der Waals surface area (Å²) in [6.45, 7) is 0. The van der Waals surface area contributed by atoms with Gasteiger partial charge in [0.25, 0.3) is 0 Å². The van der Waals surface area contributed by atoms with Crippen molar-refractivity contribution in [3.05, 3.63) is 64.7 Å². The van der Waals surface area contributed by atoms with E-state index in [4.69, 9.17) is 16.3 Å². The Morgan fingerprint density at radius 3 is 2.32 bits per heavy atom. The van der Waals surface area contributed by atoms with Gasteiger partial charge in [-0.15, -0.1) is 0 Å². The quantitative estimate of drug-likeness (QED) is 0.838. The molecule has 0 bridgehead atoms. The Bertz CT molecular complexity index is 584. The topological polar surface area (TPSA) is 26.3 Å². The number of halogens is 1. The second kappa shape index (κ2) is 6.73. The fourth-order valence-electron chi connectivity index (χ4n) is 1.81. The number of hydrogen-bond acceptors (Lipinski definition) is 2. The van der Waals surface area contributed by atoms with Gasteiger partial charge in [-0.1, -0.05) is 35.9 Å². The first kappa shape index (κ1) is 14.1. The summed E-state index contributed by atoms with van der Waals surface area (Å²) < 4.78 is 17.3. The van der Waals surface area contributed by atoms with E-state index >= 15 is 0 Å². The highest BCUT2D eigenvalue weighted by molar-refractivity contribution is 7.83. The van der Waals surface area contributed by atoms with Crippen LogP contribution in [-0.2, 0) is 22.3 Å². The molecular weight excluding hydrogens is 280 g/mol. The number of rotatable bonds is 5. The van der Waals surface area contributed by atoms with Gasteiger partial charge in [-0.3, -0.25) is 4.21 Å². The first-order valence-electron chi connectivity index (χ1n) is 5.90. The van der Waals surface area contributed by atoms with Crippen molar-refractivity contribution in [1.29, 1.82) is 0 Å². The molecule has 0 aliphatic carbocycles. The van der Waals surface area contributed by atoms with E-state index in [-0.39, 0.29) is 0 Å². The average Bonchev–Trinajstić information content (AvgIpc) is 2.38. The van der Waals surface area contributed by atoms with E-state index in [1.54, 1.807) is 7.11 Å². The maximum Gasteiger partial charge on any atom is 0.119 e. The zero-order chi connectivity index (χ0) is 13.7. The second-order valence-corrected chi connectivity index (χ2v) is 6.10. The SMILES string of the molecule is COc1cccc(CS(=O)Cc2cccc(Cl)c2)c1. The van der Waals surface area contributed by atoms with Gasteiger partial charge < -0.3 is 4.74 Å². The molecule has 0 fully saturated rings. The molecule has 0 spiro atoms. The number of methoxy groups -OCH3 is 1. The number of hydrogen-bond donors (Lipinski definition) is 0. The molecule has 100 valence electrons. The van der Waals surface area contributed by atoms with Crippen LogP contribution in [0.15, 0.2) is 48.5 Å². The zero-order valence-corrected chi connectivity index (χ0v) is 12.2. The van der Waals surface area contributed by atoms with Gasteiger partial charge in [0, 0.05) is 27.3 Å². The zero-order valence-electron chi connectivity index (χ0n) is 10.6. The van der Waals surface area contributed by atoms with Crippen LogP contribution < -0.4 is 4.74 Å². The van der Waals surface area contributed by atoms with Crippen LogP contribution in [-0.4, -0.2) is 11.3 Å². The Kier molecular flexibility index (Phi) is 5.00. The molecule has 1 atom stereocenters. The minimum atomic E-state index is -0.955. The van der Waals surface area contributed by atoms with Gasteiger partial charge in [-0.05, 0) is 35.4 Å². The standard InChI is InChI=1S/C15H15ClO2S/c1-18-15-7-3-5-13(9-15)11-19(17)10-12-4-2-6-14(16)8-12/h2-9H,10-11H2,1H3. The second-order valence-electron chi connectivity index (χ2n) is 4.21. The molecule has 19 heavy (non-hydrogen) atoms. The number of ether oxygens (including phenoxy) is 1. The van der Waals surface area contributed by atoms with Gasteiger partial charge in [0.2, 0.25) is 0 Å². The van der Waals surface area contributed by atoms with Gasteiger partial charge in [0.15, 0.2) is 0 Å². The van der Waals surface area contributed by atoms with Crippen molar-refractivity contribution in [3.8, 4) is 5.75 Å². The van der Waals surface area contributed by atoms with E-state index in [1.165, 1.54) is 0 Å².